The third-order valence-corrected chi connectivity index (χ3v) is 15.7. The zero-order valence-electron chi connectivity index (χ0n) is 39.5. The van der Waals surface area contributed by atoms with Crippen LogP contribution < -0.4 is 34.7 Å². The van der Waals surface area contributed by atoms with Crippen LogP contribution >= 0.6 is 0 Å². The van der Waals surface area contributed by atoms with Crippen molar-refractivity contribution in [2.24, 2.45) is 41.4 Å². The third kappa shape index (κ3) is 10.4. The van der Waals surface area contributed by atoms with Crippen LogP contribution in [0.3, 0.4) is 0 Å². The first kappa shape index (κ1) is 52.2. The second-order valence-electron chi connectivity index (χ2n) is 19.8. The van der Waals surface area contributed by atoms with Crippen LogP contribution in [-0.4, -0.2) is 93.4 Å². The number of carbonyl (C=O) groups excluding carboxylic acids is 3. The molecule has 1 aromatic carbocycles. The van der Waals surface area contributed by atoms with Crippen molar-refractivity contribution in [3.05, 3.63) is 47.8 Å². The number of aliphatic hydroxyl groups excluding tert-OH is 1. The van der Waals surface area contributed by atoms with E-state index in [1.807, 2.05) is 48.5 Å². The minimum atomic E-state index is -1.53. The monoisotopic (exact) mass is 894 g/mol. The predicted octanol–water partition coefficient (Wildman–Crippen LogP) is 3.86. The van der Waals surface area contributed by atoms with E-state index in [2.05, 4.69) is 6.92 Å². The van der Waals surface area contributed by atoms with E-state index in [4.69, 9.17) is 28.4 Å². The number of carboxylic acid groups (broad SMARTS) is 1. The standard InChI is InChI=1S/C49H73FO12.Na/c1-11-35(44(53)54)37-19-14-27(4)42(58-37)31(8)40(51)30(7)41(52)36(12-2)43-28(5)26-29(6)48(60-43)23-21-39(59-45(55)33-15-17-34(50)18-16-33)49(62-48)25-24-46(10,61-49)38-20-22-47(56,13-3)32(9)57-38;/h15-18,21,23,27-32,35-40,42-43,51,56H,11-14,19-20,22,24-26H2,1-10H3,(H,53,54);/q;+1/p-1/t27-,28-,29+,30-,31-,32-,35+,36-,37+,38+,39-,40+,42+,43-,46-,47+,48-,49-;/m0./s1. The Morgan fingerprint density at radius 1 is 0.905 bits per heavy atom. The number of benzene rings is 1. The zero-order valence-corrected chi connectivity index (χ0v) is 41.5. The summed E-state index contributed by atoms with van der Waals surface area (Å²) in [6.45, 7) is 19.3. The molecule has 5 heterocycles. The van der Waals surface area contributed by atoms with E-state index in [1.54, 1.807) is 26.0 Å². The molecule has 0 amide bonds. The van der Waals surface area contributed by atoms with Gasteiger partial charge in [-0.3, -0.25) is 4.79 Å². The van der Waals surface area contributed by atoms with Gasteiger partial charge in [-0.25, -0.2) is 9.18 Å². The van der Waals surface area contributed by atoms with Gasteiger partial charge in [0.15, 0.2) is 11.9 Å². The molecule has 4 saturated heterocycles. The molecule has 18 atom stereocenters. The minimum absolute atomic E-state index is 0. The molecular weight excluding hydrogens is 823 g/mol. The molecule has 14 heteroatoms. The first-order chi connectivity index (χ1) is 29.2. The number of esters is 1. The van der Waals surface area contributed by atoms with Crippen LogP contribution in [0.15, 0.2) is 36.4 Å². The van der Waals surface area contributed by atoms with E-state index in [0.29, 0.717) is 57.8 Å². The van der Waals surface area contributed by atoms with Crippen LogP contribution in [0.25, 0.3) is 0 Å². The molecule has 2 N–H and O–H groups in total. The maximum atomic E-state index is 14.7. The van der Waals surface area contributed by atoms with Gasteiger partial charge in [-0.2, -0.15) is 0 Å². The molecule has 6 rings (SSSR count). The van der Waals surface area contributed by atoms with Crippen molar-refractivity contribution in [1.82, 2.24) is 0 Å². The van der Waals surface area contributed by atoms with Crippen molar-refractivity contribution < 1.29 is 92.1 Å². The summed E-state index contributed by atoms with van der Waals surface area (Å²) in [7, 11) is 0. The molecule has 5 aliphatic heterocycles. The van der Waals surface area contributed by atoms with E-state index in [1.165, 1.54) is 24.3 Å². The molecule has 0 saturated carbocycles. The number of carboxylic acids is 1. The number of ketones is 1. The number of carbonyl (C=O) groups is 3. The van der Waals surface area contributed by atoms with Gasteiger partial charge >= 0.3 is 35.5 Å². The second-order valence-corrected chi connectivity index (χ2v) is 19.8. The van der Waals surface area contributed by atoms with E-state index < -0.39 is 107 Å². The van der Waals surface area contributed by atoms with Gasteiger partial charge < -0.3 is 48.5 Å². The Labute approximate surface area is 396 Å². The molecule has 63 heavy (non-hydrogen) atoms. The van der Waals surface area contributed by atoms with Gasteiger partial charge in [0.2, 0.25) is 5.79 Å². The number of halogens is 1. The molecule has 2 spiro atoms. The van der Waals surface area contributed by atoms with Crippen molar-refractivity contribution in [3.8, 4) is 0 Å². The Balaban J connectivity index is 0.00000748. The Kier molecular flexibility index (Phi) is 17.1. The van der Waals surface area contributed by atoms with Gasteiger partial charge in [-0.15, -0.1) is 0 Å². The predicted molar refractivity (Wildman–Crippen MR) is 226 cm³/mol. The molecule has 348 valence electrons. The Hall–Kier alpha value is -1.78. The fourth-order valence-electron chi connectivity index (χ4n) is 11.4. The number of Topliss-reactive ketones (excluding diaryl/α,β-unsaturated/α-hetero) is 1. The van der Waals surface area contributed by atoms with Crippen LogP contribution in [0.1, 0.15) is 144 Å². The fourth-order valence-corrected chi connectivity index (χ4v) is 11.4. The van der Waals surface area contributed by atoms with Crippen molar-refractivity contribution >= 4 is 17.7 Å². The number of hydrogen-bond acceptors (Lipinski definition) is 12. The van der Waals surface area contributed by atoms with E-state index in [-0.39, 0.29) is 58.7 Å². The second kappa shape index (κ2) is 20.6. The molecule has 1 aromatic rings. The smallest absolute Gasteiger partial charge is 0.550 e. The van der Waals surface area contributed by atoms with Gasteiger partial charge in [-0.1, -0.05) is 55.4 Å². The molecule has 5 aliphatic rings. The van der Waals surface area contributed by atoms with Crippen LogP contribution in [0.4, 0.5) is 4.39 Å². The first-order valence-corrected chi connectivity index (χ1v) is 23.4. The summed E-state index contributed by atoms with van der Waals surface area (Å²) in [6, 6.07) is 5.12. The number of hydrogen-bond donors (Lipinski definition) is 2. The van der Waals surface area contributed by atoms with Crippen LogP contribution in [0.5, 0.6) is 0 Å². The number of aliphatic hydroxyl groups is 2. The summed E-state index contributed by atoms with van der Waals surface area (Å²) in [5, 5.41) is 35.0. The summed E-state index contributed by atoms with van der Waals surface area (Å²) < 4.78 is 54.2. The largest absolute Gasteiger partial charge is 1.00 e. The average molecular weight is 895 g/mol. The molecule has 0 radical (unpaired) electrons. The quantitative estimate of drug-likeness (QED) is 0.157. The topological polar surface area (TPSA) is 170 Å². The van der Waals surface area contributed by atoms with Gasteiger partial charge in [0.25, 0.3) is 0 Å². The average Bonchev–Trinajstić information content (AvgIpc) is 3.58. The van der Waals surface area contributed by atoms with E-state index in [0.717, 1.165) is 6.42 Å². The Bertz CT molecular complexity index is 1780. The summed E-state index contributed by atoms with van der Waals surface area (Å²) >= 11 is 0. The van der Waals surface area contributed by atoms with Crippen molar-refractivity contribution in [1.29, 1.82) is 0 Å². The molecule has 12 nitrogen and oxygen atoms in total. The maximum Gasteiger partial charge on any atom is 1.00 e. The third-order valence-electron chi connectivity index (χ3n) is 15.7. The number of ether oxygens (including phenoxy) is 6. The van der Waals surface area contributed by atoms with Gasteiger partial charge in [0.1, 0.15) is 11.6 Å². The van der Waals surface area contributed by atoms with Crippen molar-refractivity contribution in [2.75, 3.05) is 0 Å². The summed E-state index contributed by atoms with van der Waals surface area (Å²) in [4.78, 5) is 40.2. The Morgan fingerprint density at radius 2 is 1.57 bits per heavy atom. The van der Waals surface area contributed by atoms with Crippen molar-refractivity contribution in [3.63, 3.8) is 0 Å². The van der Waals surface area contributed by atoms with Crippen LogP contribution in [0, 0.1) is 47.2 Å². The minimum Gasteiger partial charge on any atom is -0.550 e. The van der Waals surface area contributed by atoms with Crippen LogP contribution in [0.2, 0.25) is 0 Å². The molecule has 0 aliphatic carbocycles. The summed E-state index contributed by atoms with van der Waals surface area (Å²) in [5.41, 5.74) is -1.69. The SMILES string of the molecule is CC[C@@H](C(=O)[C@@H](C)[C@@H](O)[C@H](C)[C@@H]1O[C@@H]([C@@H](CC)C(=O)[O-])CC[C@@H]1C)[C@H]1O[C@]2(C=C[C@H](OC(=O)c3ccc(F)cc3)[C@]3(CC[C@@](C)([C@H]4CC[C@](O)(CC)[C@H](C)O4)O3)O2)[C@H](C)C[C@@H]1C.[Na+]. The first-order valence-electron chi connectivity index (χ1n) is 23.4. The molecule has 0 unspecified atom stereocenters. The van der Waals surface area contributed by atoms with E-state index >= 15 is 0 Å². The number of aliphatic carboxylic acids is 1. The Morgan fingerprint density at radius 3 is 2.17 bits per heavy atom. The summed E-state index contributed by atoms with van der Waals surface area (Å²) in [6.07, 6.45) is 4.20. The van der Waals surface area contributed by atoms with Gasteiger partial charge in [0.05, 0.1) is 53.4 Å². The molecule has 0 bridgehead atoms. The number of rotatable bonds is 14. The molecule has 0 aromatic heterocycles. The van der Waals surface area contributed by atoms with Gasteiger partial charge in [-0.05, 0) is 120 Å². The van der Waals surface area contributed by atoms with Crippen LogP contribution in [-0.2, 0) is 38.0 Å². The molecular formula is C49H72FNaO12. The van der Waals surface area contributed by atoms with Crippen molar-refractivity contribution in [2.45, 2.75) is 199 Å². The zero-order chi connectivity index (χ0) is 45.5. The summed E-state index contributed by atoms with van der Waals surface area (Å²) in [5.74, 6) is -8.22. The van der Waals surface area contributed by atoms with E-state index in [9.17, 15) is 34.1 Å². The maximum absolute atomic E-state index is 14.7. The normalized spacial score (nSPS) is 40.4. The fraction of sp³-hybridized carbons (Fsp3) is 0.776. The molecule has 4 fully saturated rings. The van der Waals surface area contributed by atoms with Gasteiger partial charge in [0, 0.05) is 42.0 Å².